The number of carbonyl (C=O) groups excluding carboxylic acids is 2. The summed E-state index contributed by atoms with van der Waals surface area (Å²) in [7, 11) is 0. The van der Waals surface area contributed by atoms with E-state index in [9.17, 15) is 9.59 Å². The molecule has 0 spiro atoms. The molecule has 0 N–H and O–H groups in total. The minimum atomic E-state index is -0.485. The van der Waals surface area contributed by atoms with Gasteiger partial charge in [0.2, 0.25) is 11.6 Å². The lowest BCUT2D eigenvalue weighted by molar-refractivity contribution is -0.140. The first-order valence-electron chi connectivity index (χ1n) is 4.12. The van der Waals surface area contributed by atoms with Crippen LogP contribution in [0.25, 0.3) is 0 Å². The fraction of sp³-hybridized carbons (Fsp3) is 0.600. The smallest absolute Gasteiger partial charge is 0.224 e. The van der Waals surface area contributed by atoms with Gasteiger partial charge in [-0.1, -0.05) is 19.4 Å². The second kappa shape index (κ2) is 2.54. The molecule has 0 saturated carbocycles. The molecule has 1 aliphatic rings. The second-order valence-corrected chi connectivity index (χ2v) is 4.12. The maximum Gasteiger partial charge on any atom is 0.224 e. The van der Waals surface area contributed by atoms with Crippen molar-refractivity contribution in [2.75, 3.05) is 0 Å². The fourth-order valence-corrected chi connectivity index (χ4v) is 1.55. The molecule has 0 aromatic rings. The molecule has 66 valence electrons. The lowest BCUT2D eigenvalue weighted by Crippen LogP contribution is -2.36. The third-order valence-electron chi connectivity index (χ3n) is 2.51. The number of hydrogen-bond acceptors (Lipinski definition) is 2. The van der Waals surface area contributed by atoms with Gasteiger partial charge in [0.05, 0.1) is 0 Å². The largest absolute Gasteiger partial charge is 0.290 e. The van der Waals surface area contributed by atoms with E-state index in [2.05, 4.69) is 0 Å². The number of allylic oxidation sites excluding steroid dienone is 2. The third kappa shape index (κ3) is 1.22. The van der Waals surface area contributed by atoms with Gasteiger partial charge in [-0.2, -0.15) is 0 Å². The summed E-state index contributed by atoms with van der Waals surface area (Å²) in [6.07, 6.45) is 0.712. The number of rotatable bonds is 0. The van der Waals surface area contributed by atoms with Crippen LogP contribution >= 0.6 is 0 Å². The molecule has 0 saturated heterocycles. The molecule has 0 heterocycles. The van der Waals surface area contributed by atoms with E-state index >= 15 is 0 Å². The molecule has 0 aromatic carbocycles. The van der Waals surface area contributed by atoms with Gasteiger partial charge in [0.25, 0.3) is 0 Å². The average Bonchev–Trinajstić information content (AvgIpc) is 1.97. The zero-order valence-corrected chi connectivity index (χ0v) is 8.02. The molecular formula is C10H14O2. The Hall–Kier alpha value is -0.920. The summed E-state index contributed by atoms with van der Waals surface area (Å²) in [4.78, 5) is 22.8. The van der Waals surface area contributed by atoms with Crippen molar-refractivity contribution in [2.24, 2.45) is 5.41 Å². The first-order valence-corrected chi connectivity index (χ1v) is 4.12. The predicted octanol–water partition coefficient (Wildman–Crippen LogP) is 1.89. The maximum absolute atomic E-state index is 11.4. The van der Waals surface area contributed by atoms with Crippen molar-refractivity contribution >= 4 is 11.6 Å². The highest BCUT2D eigenvalue weighted by molar-refractivity contribution is 6.45. The van der Waals surface area contributed by atoms with Crippen LogP contribution in [0.1, 0.15) is 34.1 Å². The van der Waals surface area contributed by atoms with E-state index in [1.54, 1.807) is 6.92 Å². The van der Waals surface area contributed by atoms with E-state index in [-0.39, 0.29) is 11.6 Å². The normalized spacial score (nSPS) is 23.3. The van der Waals surface area contributed by atoms with Gasteiger partial charge in [-0.05, 0) is 25.8 Å². The summed E-state index contributed by atoms with van der Waals surface area (Å²) in [5, 5.41) is 0. The quantitative estimate of drug-likeness (QED) is 0.515. The van der Waals surface area contributed by atoms with Crippen LogP contribution in [0.2, 0.25) is 0 Å². The Morgan fingerprint density at radius 2 is 1.67 bits per heavy atom. The molecule has 1 aliphatic carbocycles. The fourth-order valence-electron chi connectivity index (χ4n) is 1.55. The molecule has 0 radical (unpaired) electrons. The lowest BCUT2D eigenvalue weighted by Gasteiger charge is -2.28. The van der Waals surface area contributed by atoms with Crippen LogP contribution in [0.3, 0.4) is 0 Å². The van der Waals surface area contributed by atoms with Crippen molar-refractivity contribution in [3.8, 4) is 0 Å². The van der Waals surface area contributed by atoms with Crippen molar-refractivity contribution in [3.63, 3.8) is 0 Å². The van der Waals surface area contributed by atoms with Gasteiger partial charge < -0.3 is 0 Å². The van der Waals surface area contributed by atoms with E-state index < -0.39 is 5.41 Å². The van der Waals surface area contributed by atoms with E-state index in [1.807, 2.05) is 20.8 Å². The Labute approximate surface area is 72.7 Å². The van der Waals surface area contributed by atoms with Gasteiger partial charge >= 0.3 is 0 Å². The predicted molar refractivity (Wildman–Crippen MR) is 46.8 cm³/mol. The third-order valence-corrected chi connectivity index (χ3v) is 2.51. The molecule has 12 heavy (non-hydrogen) atoms. The summed E-state index contributed by atoms with van der Waals surface area (Å²) in [6, 6.07) is 0. The highest BCUT2D eigenvalue weighted by Gasteiger charge is 2.38. The second-order valence-electron chi connectivity index (χ2n) is 4.12. The van der Waals surface area contributed by atoms with Crippen molar-refractivity contribution in [1.82, 2.24) is 0 Å². The number of carbonyl (C=O) groups is 2. The monoisotopic (exact) mass is 166 g/mol. The summed E-state index contributed by atoms with van der Waals surface area (Å²) < 4.78 is 0. The van der Waals surface area contributed by atoms with Gasteiger partial charge in [-0.25, -0.2) is 0 Å². The molecule has 0 bridgehead atoms. The number of hydrogen-bond donors (Lipinski definition) is 0. The highest BCUT2D eigenvalue weighted by Crippen LogP contribution is 2.33. The summed E-state index contributed by atoms with van der Waals surface area (Å²) in [5.74, 6) is -0.547. The van der Waals surface area contributed by atoms with Gasteiger partial charge in [0.1, 0.15) is 0 Å². The van der Waals surface area contributed by atoms with E-state index in [4.69, 9.17) is 0 Å². The minimum absolute atomic E-state index is 0.245. The molecule has 0 atom stereocenters. The van der Waals surface area contributed by atoms with Gasteiger partial charge in [-0.3, -0.25) is 9.59 Å². The topological polar surface area (TPSA) is 34.1 Å². The summed E-state index contributed by atoms with van der Waals surface area (Å²) in [5.41, 5.74) is 1.20. The molecule has 0 amide bonds. The van der Waals surface area contributed by atoms with Crippen LogP contribution in [0.4, 0.5) is 0 Å². The summed E-state index contributed by atoms with van der Waals surface area (Å²) in [6.45, 7) is 7.29. The standard InChI is InChI=1S/C10H14O2/c1-6-5-10(3,4)9(12)8(11)7(6)2/h5H2,1-4H3. The number of Topliss-reactive ketones (excluding diaryl/α,β-unsaturated/α-hetero) is 2. The van der Waals surface area contributed by atoms with Crippen molar-refractivity contribution in [1.29, 1.82) is 0 Å². The Bertz CT molecular complexity index is 282. The van der Waals surface area contributed by atoms with Crippen LogP contribution in [0.5, 0.6) is 0 Å². The first-order chi connectivity index (χ1) is 5.36. The molecule has 0 aliphatic heterocycles. The Balaban J connectivity index is 3.17. The first kappa shape index (κ1) is 9.17. The van der Waals surface area contributed by atoms with Crippen LogP contribution in [-0.4, -0.2) is 11.6 Å². The van der Waals surface area contributed by atoms with Crippen LogP contribution in [0, 0.1) is 5.41 Å². The summed E-state index contributed by atoms with van der Waals surface area (Å²) >= 11 is 0. The van der Waals surface area contributed by atoms with E-state index in [0.29, 0.717) is 12.0 Å². The SMILES string of the molecule is CC1=C(C)C(=O)C(=O)C(C)(C)C1. The van der Waals surface area contributed by atoms with Gasteiger partial charge in [0, 0.05) is 5.41 Å². The Morgan fingerprint density at radius 1 is 1.17 bits per heavy atom. The molecule has 2 heteroatoms. The molecule has 0 aromatic heterocycles. The van der Waals surface area contributed by atoms with Crippen LogP contribution in [-0.2, 0) is 9.59 Å². The zero-order valence-electron chi connectivity index (χ0n) is 8.02. The van der Waals surface area contributed by atoms with Gasteiger partial charge in [-0.15, -0.1) is 0 Å². The Kier molecular flexibility index (Phi) is 1.94. The zero-order chi connectivity index (χ0) is 9.52. The minimum Gasteiger partial charge on any atom is -0.290 e. The molecule has 2 nitrogen and oxygen atoms in total. The van der Waals surface area contributed by atoms with Crippen LogP contribution < -0.4 is 0 Å². The lowest BCUT2D eigenvalue weighted by atomic mass is 9.73. The molecular weight excluding hydrogens is 152 g/mol. The number of ketones is 2. The maximum atomic E-state index is 11.4. The molecule has 1 rings (SSSR count). The van der Waals surface area contributed by atoms with E-state index in [1.165, 1.54) is 0 Å². The Morgan fingerprint density at radius 3 is 2.17 bits per heavy atom. The van der Waals surface area contributed by atoms with Crippen molar-refractivity contribution in [3.05, 3.63) is 11.1 Å². The van der Waals surface area contributed by atoms with Crippen LogP contribution in [0.15, 0.2) is 11.1 Å². The van der Waals surface area contributed by atoms with Gasteiger partial charge in [0.15, 0.2) is 0 Å². The molecule has 0 unspecified atom stereocenters. The highest BCUT2D eigenvalue weighted by atomic mass is 16.2. The molecule has 0 fully saturated rings. The average molecular weight is 166 g/mol. The van der Waals surface area contributed by atoms with E-state index in [0.717, 1.165) is 5.57 Å². The van der Waals surface area contributed by atoms with Crippen molar-refractivity contribution < 1.29 is 9.59 Å². The van der Waals surface area contributed by atoms with Crippen molar-refractivity contribution in [2.45, 2.75) is 34.1 Å².